The first-order valence-electron chi connectivity index (χ1n) is 9.27. The highest BCUT2D eigenvalue weighted by Gasteiger charge is 2.10. The molecular formula is C23H25N3O2. The van der Waals surface area contributed by atoms with Gasteiger partial charge in [-0.15, -0.1) is 0 Å². The lowest BCUT2D eigenvalue weighted by molar-refractivity contribution is 0.102. The first kappa shape index (κ1) is 19.4. The van der Waals surface area contributed by atoms with Gasteiger partial charge < -0.3 is 15.4 Å². The molecule has 3 aromatic rings. The van der Waals surface area contributed by atoms with Crippen molar-refractivity contribution < 1.29 is 9.53 Å². The third kappa shape index (κ3) is 4.88. The number of aryl methyl sites for hydroxylation is 2. The van der Waals surface area contributed by atoms with Crippen LogP contribution < -0.4 is 15.4 Å². The summed E-state index contributed by atoms with van der Waals surface area (Å²) < 4.78 is 5.38. The number of para-hydroxylation sites is 1. The van der Waals surface area contributed by atoms with E-state index in [1.165, 1.54) is 0 Å². The molecule has 0 radical (unpaired) electrons. The fraction of sp³-hybridized carbons (Fsp3) is 0.217. The quantitative estimate of drug-likeness (QED) is 0.633. The normalized spacial score (nSPS) is 10.4. The fourth-order valence-corrected chi connectivity index (χ4v) is 3.06. The van der Waals surface area contributed by atoms with Crippen molar-refractivity contribution in [2.45, 2.75) is 20.3 Å². The number of amides is 1. The van der Waals surface area contributed by atoms with E-state index in [1.807, 2.05) is 56.3 Å². The molecule has 0 aliphatic carbocycles. The van der Waals surface area contributed by atoms with Crippen molar-refractivity contribution >= 4 is 17.3 Å². The first-order valence-corrected chi connectivity index (χ1v) is 9.27. The van der Waals surface area contributed by atoms with Gasteiger partial charge >= 0.3 is 0 Å². The van der Waals surface area contributed by atoms with E-state index in [2.05, 4.69) is 21.7 Å². The van der Waals surface area contributed by atoms with E-state index < -0.39 is 0 Å². The standard InChI is InChI=1S/C23H25N3O2/c1-16-8-9-20(17(2)14-16)26-23(27)21-15-19(11-13-25-21)24-12-10-18-6-4-5-7-22(18)28-3/h4-9,11,13-15H,10,12H2,1-3H3,(H,24,25)(H,26,27). The maximum absolute atomic E-state index is 12.6. The smallest absolute Gasteiger partial charge is 0.274 e. The lowest BCUT2D eigenvalue weighted by Crippen LogP contribution is -2.15. The Kier molecular flexibility index (Phi) is 6.27. The van der Waals surface area contributed by atoms with Crippen LogP contribution in [0.2, 0.25) is 0 Å². The van der Waals surface area contributed by atoms with E-state index in [9.17, 15) is 4.79 Å². The maximum Gasteiger partial charge on any atom is 0.274 e. The summed E-state index contributed by atoms with van der Waals surface area (Å²) in [4.78, 5) is 16.8. The molecule has 0 aliphatic heterocycles. The Morgan fingerprint density at radius 2 is 1.89 bits per heavy atom. The zero-order chi connectivity index (χ0) is 19.9. The minimum atomic E-state index is -0.222. The second kappa shape index (κ2) is 9.04. The summed E-state index contributed by atoms with van der Waals surface area (Å²) in [7, 11) is 1.68. The van der Waals surface area contributed by atoms with Crippen LogP contribution >= 0.6 is 0 Å². The van der Waals surface area contributed by atoms with Crippen LogP contribution in [0.15, 0.2) is 60.8 Å². The largest absolute Gasteiger partial charge is 0.496 e. The van der Waals surface area contributed by atoms with Crippen molar-refractivity contribution in [3.8, 4) is 5.75 Å². The number of hydrogen-bond donors (Lipinski definition) is 2. The first-order chi connectivity index (χ1) is 13.6. The molecule has 1 amide bonds. The summed E-state index contributed by atoms with van der Waals surface area (Å²) in [6.07, 6.45) is 2.46. The lowest BCUT2D eigenvalue weighted by Gasteiger charge is -2.11. The summed E-state index contributed by atoms with van der Waals surface area (Å²) in [6.45, 7) is 4.73. The number of nitrogens with zero attached hydrogens (tertiary/aromatic N) is 1. The number of methoxy groups -OCH3 is 1. The zero-order valence-corrected chi connectivity index (χ0v) is 16.5. The van der Waals surface area contributed by atoms with Gasteiger partial charge in [-0.05, 0) is 55.7 Å². The molecule has 0 unspecified atom stereocenters. The van der Waals surface area contributed by atoms with Crippen LogP contribution in [-0.4, -0.2) is 24.5 Å². The van der Waals surface area contributed by atoms with Gasteiger partial charge in [0.25, 0.3) is 5.91 Å². The molecule has 0 fully saturated rings. The minimum Gasteiger partial charge on any atom is -0.496 e. The second-order valence-corrected chi connectivity index (χ2v) is 6.69. The Balaban J connectivity index is 1.62. The van der Waals surface area contributed by atoms with Crippen LogP contribution in [0.5, 0.6) is 5.75 Å². The van der Waals surface area contributed by atoms with E-state index in [4.69, 9.17) is 4.74 Å². The van der Waals surface area contributed by atoms with Crippen molar-refractivity contribution in [2.24, 2.45) is 0 Å². The Morgan fingerprint density at radius 1 is 1.07 bits per heavy atom. The summed E-state index contributed by atoms with van der Waals surface area (Å²) in [5.74, 6) is 0.660. The predicted molar refractivity (Wildman–Crippen MR) is 113 cm³/mol. The number of aromatic nitrogens is 1. The molecule has 5 nitrogen and oxygen atoms in total. The van der Waals surface area contributed by atoms with Gasteiger partial charge in [-0.1, -0.05) is 35.9 Å². The van der Waals surface area contributed by atoms with Crippen LogP contribution in [0.25, 0.3) is 0 Å². The Hall–Kier alpha value is -3.34. The number of hydrogen-bond acceptors (Lipinski definition) is 4. The molecule has 0 atom stereocenters. The molecule has 5 heteroatoms. The highest BCUT2D eigenvalue weighted by molar-refractivity contribution is 6.03. The second-order valence-electron chi connectivity index (χ2n) is 6.69. The molecule has 0 spiro atoms. The van der Waals surface area contributed by atoms with E-state index in [1.54, 1.807) is 19.4 Å². The minimum absolute atomic E-state index is 0.222. The number of pyridine rings is 1. The molecule has 28 heavy (non-hydrogen) atoms. The van der Waals surface area contributed by atoms with Crippen molar-refractivity contribution in [3.63, 3.8) is 0 Å². The van der Waals surface area contributed by atoms with Gasteiger partial charge in [0.1, 0.15) is 11.4 Å². The number of benzene rings is 2. The van der Waals surface area contributed by atoms with Crippen molar-refractivity contribution in [3.05, 3.63) is 83.2 Å². The molecule has 1 aromatic heterocycles. The third-order valence-electron chi connectivity index (χ3n) is 4.54. The molecule has 2 N–H and O–H groups in total. The number of carbonyl (C=O) groups is 1. The summed E-state index contributed by atoms with van der Waals surface area (Å²) in [5, 5.41) is 6.28. The van der Waals surface area contributed by atoms with Crippen molar-refractivity contribution in [2.75, 3.05) is 24.3 Å². The van der Waals surface area contributed by atoms with Crippen LogP contribution in [-0.2, 0) is 6.42 Å². The van der Waals surface area contributed by atoms with E-state index >= 15 is 0 Å². The number of anilines is 2. The lowest BCUT2D eigenvalue weighted by atomic mass is 10.1. The van der Waals surface area contributed by atoms with Gasteiger partial charge in [-0.3, -0.25) is 9.78 Å². The highest BCUT2D eigenvalue weighted by Crippen LogP contribution is 2.19. The Labute approximate surface area is 165 Å². The summed E-state index contributed by atoms with van der Waals surface area (Å²) >= 11 is 0. The van der Waals surface area contributed by atoms with Gasteiger partial charge in [-0.2, -0.15) is 0 Å². The molecule has 144 valence electrons. The average Bonchev–Trinajstić information content (AvgIpc) is 2.70. The molecule has 3 rings (SSSR count). The van der Waals surface area contributed by atoms with Gasteiger partial charge in [0.05, 0.1) is 7.11 Å². The van der Waals surface area contributed by atoms with Crippen LogP contribution in [0, 0.1) is 13.8 Å². The molecular weight excluding hydrogens is 350 g/mol. The number of rotatable bonds is 7. The maximum atomic E-state index is 12.6. The molecule has 1 heterocycles. The summed E-state index contributed by atoms with van der Waals surface area (Å²) in [6, 6.07) is 17.5. The number of carbonyl (C=O) groups excluding carboxylic acids is 1. The fourth-order valence-electron chi connectivity index (χ4n) is 3.06. The van der Waals surface area contributed by atoms with E-state index in [0.29, 0.717) is 5.69 Å². The van der Waals surface area contributed by atoms with E-state index in [0.717, 1.165) is 46.8 Å². The van der Waals surface area contributed by atoms with Gasteiger partial charge in [0, 0.05) is 24.1 Å². The molecule has 0 aliphatic rings. The molecule has 0 saturated carbocycles. The summed E-state index contributed by atoms with van der Waals surface area (Å²) in [5.41, 5.74) is 5.36. The Bertz CT molecular complexity index is 970. The SMILES string of the molecule is COc1ccccc1CCNc1ccnc(C(=O)Nc2ccc(C)cc2C)c1. The topological polar surface area (TPSA) is 63.2 Å². The van der Waals surface area contributed by atoms with Gasteiger partial charge in [0.2, 0.25) is 0 Å². The number of ether oxygens (including phenoxy) is 1. The van der Waals surface area contributed by atoms with Crippen molar-refractivity contribution in [1.29, 1.82) is 0 Å². The van der Waals surface area contributed by atoms with Crippen molar-refractivity contribution in [1.82, 2.24) is 4.98 Å². The van der Waals surface area contributed by atoms with Crippen LogP contribution in [0.3, 0.4) is 0 Å². The molecule has 0 bridgehead atoms. The zero-order valence-electron chi connectivity index (χ0n) is 16.5. The number of nitrogens with one attached hydrogen (secondary N) is 2. The average molecular weight is 375 g/mol. The van der Waals surface area contributed by atoms with Gasteiger partial charge in [0.15, 0.2) is 0 Å². The van der Waals surface area contributed by atoms with Gasteiger partial charge in [-0.25, -0.2) is 0 Å². The third-order valence-corrected chi connectivity index (χ3v) is 4.54. The molecule has 2 aromatic carbocycles. The van der Waals surface area contributed by atoms with Crippen LogP contribution in [0.4, 0.5) is 11.4 Å². The Morgan fingerprint density at radius 3 is 2.68 bits per heavy atom. The monoisotopic (exact) mass is 375 g/mol. The van der Waals surface area contributed by atoms with Crippen LogP contribution in [0.1, 0.15) is 27.2 Å². The predicted octanol–water partition coefficient (Wildman–Crippen LogP) is 4.61. The molecule has 0 saturated heterocycles. The highest BCUT2D eigenvalue weighted by atomic mass is 16.5. The van der Waals surface area contributed by atoms with E-state index in [-0.39, 0.29) is 5.91 Å².